The first-order valence-corrected chi connectivity index (χ1v) is 6.06. The number of nitrogen functional groups attached to an aromatic ring is 1. The molecule has 0 radical (unpaired) electrons. The average Bonchev–Trinajstić information content (AvgIpc) is 2.40. The minimum absolute atomic E-state index is 0.272. The molecule has 0 aliphatic carbocycles. The van der Waals surface area contributed by atoms with Crippen LogP contribution in [0.15, 0.2) is 30.3 Å². The van der Waals surface area contributed by atoms with E-state index in [4.69, 9.17) is 11.0 Å². The summed E-state index contributed by atoms with van der Waals surface area (Å²) in [6, 6.07) is 10.2. The highest BCUT2D eigenvalue weighted by Gasteiger charge is 2.11. The van der Waals surface area contributed by atoms with Crippen LogP contribution in [0.4, 0.5) is 11.4 Å². The summed E-state index contributed by atoms with van der Waals surface area (Å²) in [5, 5.41) is 11.5. The minimum Gasteiger partial charge on any atom is -0.397 e. The summed E-state index contributed by atoms with van der Waals surface area (Å²) in [5.41, 5.74) is 9.11. The molecule has 1 amide bonds. The third kappa shape index (κ3) is 2.75. The van der Waals surface area contributed by atoms with Crippen LogP contribution in [0, 0.1) is 25.2 Å². The molecule has 0 aliphatic rings. The Morgan fingerprint density at radius 1 is 1.30 bits per heavy atom. The van der Waals surface area contributed by atoms with E-state index in [0.717, 1.165) is 5.69 Å². The first-order valence-electron chi connectivity index (χ1n) is 6.06. The topological polar surface area (TPSA) is 91.8 Å². The van der Waals surface area contributed by atoms with Crippen LogP contribution in [0.1, 0.15) is 27.3 Å². The van der Waals surface area contributed by atoms with Gasteiger partial charge in [0.1, 0.15) is 0 Å². The van der Waals surface area contributed by atoms with Crippen molar-refractivity contribution in [2.45, 2.75) is 13.8 Å². The van der Waals surface area contributed by atoms with Gasteiger partial charge in [0, 0.05) is 5.69 Å². The Bertz CT molecular complexity index is 716. The van der Waals surface area contributed by atoms with Gasteiger partial charge in [-0.3, -0.25) is 9.78 Å². The molecule has 1 aromatic carbocycles. The van der Waals surface area contributed by atoms with Crippen LogP contribution in [-0.2, 0) is 0 Å². The lowest BCUT2D eigenvalue weighted by atomic mass is 10.1. The second-order valence-corrected chi connectivity index (χ2v) is 4.45. The molecule has 0 saturated heterocycles. The summed E-state index contributed by atoms with van der Waals surface area (Å²) >= 11 is 0. The molecule has 0 aliphatic heterocycles. The summed E-state index contributed by atoms with van der Waals surface area (Å²) in [6.45, 7) is 3.65. The number of nitrogens with zero attached hydrogens (tertiary/aromatic N) is 2. The number of rotatable bonds is 2. The number of aromatic nitrogens is 1. The largest absolute Gasteiger partial charge is 0.397 e. The van der Waals surface area contributed by atoms with Crippen molar-refractivity contribution < 1.29 is 4.79 Å². The van der Waals surface area contributed by atoms with Gasteiger partial charge in [0.2, 0.25) is 0 Å². The van der Waals surface area contributed by atoms with Crippen LogP contribution in [0.5, 0.6) is 0 Å². The summed E-state index contributed by atoms with van der Waals surface area (Å²) in [4.78, 5) is 16.4. The van der Waals surface area contributed by atoms with Crippen LogP contribution in [-0.4, -0.2) is 10.9 Å². The normalized spacial score (nSPS) is 9.85. The fraction of sp³-hybridized carbons (Fsp3) is 0.133. The molecule has 1 aromatic heterocycles. The van der Waals surface area contributed by atoms with E-state index in [1.54, 1.807) is 31.2 Å². The van der Waals surface area contributed by atoms with Crippen molar-refractivity contribution in [1.82, 2.24) is 4.98 Å². The van der Waals surface area contributed by atoms with Gasteiger partial charge in [0.25, 0.3) is 5.91 Å². The van der Waals surface area contributed by atoms with Gasteiger partial charge in [0.15, 0.2) is 0 Å². The minimum atomic E-state index is -0.272. The molecule has 0 unspecified atom stereocenters. The Hall–Kier alpha value is -2.87. The zero-order chi connectivity index (χ0) is 14.7. The second kappa shape index (κ2) is 5.41. The van der Waals surface area contributed by atoms with E-state index >= 15 is 0 Å². The molecule has 5 nitrogen and oxygen atoms in total. The van der Waals surface area contributed by atoms with Crippen LogP contribution in [0.25, 0.3) is 0 Å². The fourth-order valence-electron chi connectivity index (χ4n) is 1.86. The second-order valence-electron chi connectivity index (χ2n) is 4.45. The molecule has 0 saturated carbocycles. The lowest BCUT2D eigenvalue weighted by Crippen LogP contribution is -2.15. The molecule has 20 heavy (non-hydrogen) atoms. The Kier molecular flexibility index (Phi) is 3.67. The first-order chi connectivity index (χ1) is 9.51. The third-order valence-electron chi connectivity index (χ3n) is 2.90. The SMILES string of the molecule is Cc1ccc(C(=O)Nc2ccc(C#N)cc2N)c(C)n1. The summed E-state index contributed by atoms with van der Waals surface area (Å²) in [6.07, 6.45) is 0. The predicted molar refractivity (Wildman–Crippen MR) is 77.2 cm³/mol. The molecule has 3 N–H and O–H groups in total. The molecular weight excluding hydrogens is 252 g/mol. The number of nitrogens with two attached hydrogens (primary N) is 1. The lowest BCUT2D eigenvalue weighted by Gasteiger charge is -2.10. The number of carbonyl (C=O) groups is 1. The van der Waals surface area contributed by atoms with E-state index in [0.29, 0.717) is 28.2 Å². The van der Waals surface area contributed by atoms with E-state index in [-0.39, 0.29) is 5.91 Å². The number of benzene rings is 1. The highest BCUT2D eigenvalue weighted by molar-refractivity contribution is 6.06. The average molecular weight is 266 g/mol. The Balaban J connectivity index is 2.26. The molecule has 1 heterocycles. The Labute approximate surface area is 117 Å². The van der Waals surface area contributed by atoms with Crippen molar-refractivity contribution in [2.24, 2.45) is 0 Å². The summed E-state index contributed by atoms with van der Waals surface area (Å²) in [5.74, 6) is -0.272. The van der Waals surface area contributed by atoms with E-state index < -0.39 is 0 Å². The predicted octanol–water partition coefficient (Wildman–Crippen LogP) is 2.40. The van der Waals surface area contributed by atoms with E-state index in [2.05, 4.69) is 10.3 Å². The van der Waals surface area contributed by atoms with Gasteiger partial charge in [-0.1, -0.05) is 0 Å². The first kappa shape index (κ1) is 13.6. The number of anilines is 2. The van der Waals surface area contributed by atoms with Crippen molar-refractivity contribution in [1.29, 1.82) is 5.26 Å². The fourth-order valence-corrected chi connectivity index (χ4v) is 1.86. The molecular formula is C15H14N4O. The maximum atomic E-state index is 12.2. The summed E-state index contributed by atoms with van der Waals surface area (Å²) in [7, 11) is 0. The van der Waals surface area contributed by atoms with E-state index in [9.17, 15) is 4.79 Å². The molecule has 0 bridgehead atoms. The van der Waals surface area contributed by atoms with Gasteiger partial charge in [-0.05, 0) is 44.2 Å². The highest BCUT2D eigenvalue weighted by atomic mass is 16.1. The molecule has 5 heteroatoms. The molecule has 2 aromatic rings. The number of pyridine rings is 1. The van der Waals surface area contributed by atoms with Crippen LogP contribution < -0.4 is 11.1 Å². The number of hydrogen-bond donors (Lipinski definition) is 2. The highest BCUT2D eigenvalue weighted by Crippen LogP contribution is 2.20. The number of amides is 1. The Morgan fingerprint density at radius 2 is 2.05 bits per heavy atom. The lowest BCUT2D eigenvalue weighted by molar-refractivity contribution is 0.102. The van der Waals surface area contributed by atoms with Gasteiger partial charge in [-0.25, -0.2) is 0 Å². The molecule has 2 rings (SSSR count). The van der Waals surface area contributed by atoms with Crippen molar-refractivity contribution in [3.05, 3.63) is 52.8 Å². The maximum absolute atomic E-state index is 12.2. The molecule has 100 valence electrons. The van der Waals surface area contributed by atoms with Crippen molar-refractivity contribution >= 4 is 17.3 Å². The van der Waals surface area contributed by atoms with Crippen molar-refractivity contribution in [2.75, 3.05) is 11.1 Å². The van der Waals surface area contributed by atoms with Crippen LogP contribution in [0.3, 0.4) is 0 Å². The Morgan fingerprint density at radius 3 is 2.65 bits per heavy atom. The molecule has 0 fully saturated rings. The van der Waals surface area contributed by atoms with Gasteiger partial charge in [-0.15, -0.1) is 0 Å². The number of nitriles is 1. The van der Waals surface area contributed by atoms with Crippen molar-refractivity contribution in [3.63, 3.8) is 0 Å². The number of aryl methyl sites for hydroxylation is 2. The van der Waals surface area contributed by atoms with E-state index in [1.165, 1.54) is 6.07 Å². The maximum Gasteiger partial charge on any atom is 0.257 e. The summed E-state index contributed by atoms with van der Waals surface area (Å²) < 4.78 is 0. The van der Waals surface area contributed by atoms with Gasteiger partial charge in [-0.2, -0.15) is 5.26 Å². The molecule has 0 spiro atoms. The van der Waals surface area contributed by atoms with Gasteiger partial charge < -0.3 is 11.1 Å². The molecule has 0 atom stereocenters. The van der Waals surface area contributed by atoms with Crippen molar-refractivity contribution in [3.8, 4) is 6.07 Å². The quantitative estimate of drug-likeness (QED) is 0.816. The van der Waals surface area contributed by atoms with Gasteiger partial charge >= 0.3 is 0 Å². The smallest absolute Gasteiger partial charge is 0.257 e. The number of nitrogens with one attached hydrogen (secondary N) is 1. The zero-order valence-electron chi connectivity index (χ0n) is 11.3. The van der Waals surface area contributed by atoms with Gasteiger partial charge in [0.05, 0.1) is 34.3 Å². The monoisotopic (exact) mass is 266 g/mol. The number of carbonyl (C=O) groups excluding carboxylic acids is 1. The van der Waals surface area contributed by atoms with Crippen LogP contribution >= 0.6 is 0 Å². The standard InChI is InChI=1S/C15H14N4O/c1-9-3-5-12(10(2)18-9)15(20)19-14-6-4-11(8-16)7-13(14)17/h3-7H,17H2,1-2H3,(H,19,20). The zero-order valence-corrected chi connectivity index (χ0v) is 11.3. The number of hydrogen-bond acceptors (Lipinski definition) is 4. The van der Waals surface area contributed by atoms with E-state index in [1.807, 2.05) is 13.0 Å². The van der Waals surface area contributed by atoms with Crippen LogP contribution in [0.2, 0.25) is 0 Å². The third-order valence-corrected chi connectivity index (χ3v) is 2.90.